The predicted molar refractivity (Wildman–Crippen MR) is 65.2 cm³/mol. The molecule has 0 aliphatic heterocycles. The van der Waals surface area contributed by atoms with Gasteiger partial charge in [0.1, 0.15) is 10.9 Å². The summed E-state index contributed by atoms with van der Waals surface area (Å²) >= 11 is 3.65. The van der Waals surface area contributed by atoms with Gasteiger partial charge in [-0.2, -0.15) is 5.26 Å². The number of benzene rings is 1. The highest BCUT2D eigenvalue weighted by molar-refractivity contribution is 14.1. The molecule has 0 bridgehead atoms. The van der Waals surface area contributed by atoms with Gasteiger partial charge in [0, 0.05) is 8.27 Å². The van der Waals surface area contributed by atoms with Crippen LogP contribution in [0.1, 0.15) is 10.4 Å². The highest BCUT2D eigenvalue weighted by atomic mass is 127. The Kier molecular flexibility index (Phi) is 2.72. The van der Waals surface area contributed by atoms with Crippen LogP contribution in [0, 0.1) is 14.9 Å². The Bertz CT molecular complexity index is 527. The lowest BCUT2D eigenvalue weighted by molar-refractivity contribution is 0.281. The molecule has 0 aliphatic rings. The lowest BCUT2D eigenvalue weighted by Gasteiger charge is -1.99. The minimum absolute atomic E-state index is 0.0496. The Hall–Kier alpha value is -0.640. The molecule has 0 amide bonds. The zero-order valence-electron chi connectivity index (χ0n) is 7.12. The number of aliphatic hydroxyl groups is 1. The van der Waals surface area contributed by atoms with Crippen LogP contribution in [0.15, 0.2) is 18.2 Å². The molecule has 0 saturated heterocycles. The van der Waals surface area contributed by atoms with Crippen molar-refractivity contribution in [2.75, 3.05) is 0 Å². The van der Waals surface area contributed by atoms with Crippen molar-refractivity contribution in [1.29, 1.82) is 5.26 Å². The van der Waals surface area contributed by atoms with Gasteiger partial charge in [0.2, 0.25) is 0 Å². The van der Waals surface area contributed by atoms with Crippen LogP contribution in [0.2, 0.25) is 0 Å². The van der Waals surface area contributed by atoms with Gasteiger partial charge in [0.25, 0.3) is 0 Å². The number of thiophene rings is 1. The summed E-state index contributed by atoms with van der Waals surface area (Å²) in [4.78, 5) is 0.714. The third kappa shape index (κ3) is 1.63. The van der Waals surface area contributed by atoms with Crippen LogP contribution < -0.4 is 0 Å². The van der Waals surface area contributed by atoms with Gasteiger partial charge in [0.05, 0.1) is 6.61 Å². The summed E-state index contributed by atoms with van der Waals surface area (Å²) in [5, 5.41) is 18.9. The molecule has 14 heavy (non-hydrogen) atoms. The van der Waals surface area contributed by atoms with E-state index in [1.165, 1.54) is 11.3 Å². The maximum absolute atomic E-state index is 9.08. The van der Waals surface area contributed by atoms with E-state index in [0.717, 1.165) is 19.2 Å². The third-order valence-corrected chi connectivity index (χ3v) is 3.97. The molecule has 2 nitrogen and oxygen atoms in total. The molecule has 0 spiro atoms. The van der Waals surface area contributed by atoms with E-state index in [1.807, 2.05) is 18.2 Å². The summed E-state index contributed by atoms with van der Waals surface area (Å²) in [5.74, 6) is 0. The number of hydrogen-bond acceptors (Lipinski definition) is 3. The van der Waals surface area contributed by atoms with Crippen LogP contribution in [0.4, 0.5) is 0 Å². The van der Waals surface area contributed by atoms with Crippen LogP contribution in [0.3, 0.4) is 0 Å². The van der Waals surface area contributed by atoms with Crippen molar-refractivity contribution < 1.29 is 5.11 Å². The van der Waals surface area contributed by atoms with Crippen molar-refractivity contribution >= 4 is 44.0 Å². The van der Waals surface area contributed by atoms with Gasteiger partial charge in [0.15, 0.2) is 0 Å². The van der Waals surface area contributed by atoms with E-state index in [0.29, 0.717) is 4.88 Å². The molecule has 1 heterocycles. The van der Waals surface area contributed by atoms with Crippen molar-refractivity contribution in [2.24, 2.45) is 0 Å². The Labute approximate surface area is 98.9 Å². The highest BCUT2D eigenvalue weighted by Gasteiger charge is 2.05. The summed E-state index contributed by atoms with van der Waals surface area (Å²) < 4.78 is 2.10. The van der Waals surface area contributed by atoms with Crippen molar-refractivity contribution in [1.82, 2.24) is 0 Å². The smallest absolute Gasteiger partial charge is 0.110 e. The lowest BCUT2D eigenvalue weighted by atomic mass is 10.2. The number of nitriles is 1. The first-order valence-corrected chi connectivity index (χ1v) is 5.87. The van der Waals surface area contributed by atoms with Gasteiger partial charge >= 0.3 is 0 Å². The molecular weight excluding hydrogens is 309 g/mol. The van der Waals surface area contributed by atoms with Gasteiger partial charge in [-0.3, -0.25) is 0 Å². The number of aliphatic hydroxyl groups excluding tert-OH is 1. The average molecular weight is 315 g/mol. The molecular formula is C10H6INOS. The molecule has 0 aliphatic carbocycles. The van der Waals surface area contributed by atoms with E-state index >= 15 is 0 Å². The molecule has 1 aromatic carbocycles. The Morgan fingerprint density at radius 1 is 1.43 bits per heavy atom. The second-order valence-electron chi connectivity index (χ2n) is 2.86. The van der Waals surface area contributed by atoms with E-state index in [4.69, 9.17) is 10.4 Å². The summed E-state index contributed by atoms with van der Waals surface area (Å²) in [7, 11) is 0. The fraction of sp³-hybridized carbons (Fsp3) is 0.100. The normalized spacial score (nSPS) is 10.4. The van der Waals surface area contributed by atoms with Crippen molar-refractivity contribution in [3.63, 3.8) is 0 Å². The standard InChI is InChI=1S/C10H6INOS/c11-9-2-6-1-8(4-12)14-10(6)3-7(9)5-13/h1-3,13H,5H2. The molecule has 0 unspecified atom stereocenters. The van der Waals surface area contributed by atoms with Crippen molar-refractivity contribution in [2.45, 2.75) is 6.61 Å². The topological polar surface area (TPSA) is 44.0 Å². The Morgan fingerprint density at radius 3 is 2.86 bits per heavy atom. The fourth-order valence-electron chi connectivity index (χ4n) is 1.28. The molecule has 70 valence electrons. The monoisotopic (exact) mass is 315 g/mol. The average Bonchev–Trinajstić information content (AvgIpc) is 2.58. The van der Waals surface area contributed by atoms with Crippen LogP contribution in [-0.2, 0) is 6.61 Å². The summed E-state index contributed by atoms with van der Waals surface area (Å²) in [5.41, 5.74) is 0.921. The Morgan fingerprint density at radius 2 is 2.21 bits per heavy atom. The zero-order chi connectivity index (χ0) is 10.1. The third-order valence-electron chi connectivity index (χ3n) is 1.97. The van der Waals surface area contributed by atoms with Gasteiger partial charge < -0.3 is 5.11 Å². The second-order valence-corrected chi connectivity index (χ2v) is 5.11. The van der Waals surface area contributed by atoms with Crippen molar-refractivity contribution in [3.8, 4) is 6.07 Å². The number of nitrogens with zero attached hydrogens (tertiary/aromatic N) is 1. The molecule has 1 aromatic heterocycles. The second kappa shape index (κ2) is 3.85. The SMILES string of the molecule is N#Cc1cc2cc(I)c(CO)cc2s1. The summed E-state index contributed by atoms with van der Waals surface area (Å²) in [6, 6.07) is 7.95. The van der Waals surface area contributed by atoms with Crippen LogP contribution in [0.5, 0.6) is 0 Å². The number of fused-ring (bicyclic) bond motifs is 1. The van der Waals surface area contributed by atoms with Gasteiger partial charge in [-0.25, -0.2) is 0 Å². The van der Waals surface area contributed by atoms with E-state index in [1.54, 1.807) is 0 Å². The van der Waals surface area contributed by atoms with Gasteiger partial charge in [-0.05, 0) is 51.7 Å². The molecule has 0 radical (unpaired) electrons. The molecule has 2 rings (SSSR count). The van der Waals surface area contributed by atoms with E-state index < -0.39 is 0 Å². The van der Waals surface area contributed by atoms with Crippen molar-refractivity contribution in [3.05, 3.63) is 32.2 Å². The first kappa shape index (κ1) is 9.90. The molecule has 0 atom stereocenters. The number of hydrogen-bond donors (Lipinski definition) is 1. The van der Waals surface area contributed by atoms with Crippen LogP contribution >= 0.6 is 33.9 Å². The quantitative estimate of drug-likeness (QED) is 0.823. The van der Waals surface area contributed by atoms with Gasteiger partial charge in [-0.1, -0.05) is 0 Å². The molecule has 0 saturated carbocycles. The fourth-order valence-corrected chi connectivity index (χ4v) is 2.84. The number of halogens is 1. The summed E-state index contributed by atoms with van der Waals surface area (Å²) in [6.07, 6.45) is 0. The molecule has 0 fully saturated rings. The van der Waals surface area contributed by atoms with E-state index in [9.17, 15) is 0 Å². The minimum atomic E-state index is 0.0496. The van der Waals surface area contributed by atoms with E-state index in [2.05, 4.69) is 28.7 Å². The maximum Gasteiger partial charge on any atom is 0.110 e. The molecule has 4 heteroatoms. The van der Waals surface area contributed by atoms with E-state index in [-0.39, 0.29) is 6.61 Å². The number of rotatable bonds is 1. The first-order chi connectivity index (χ1) is 6.74. The minimum Gasteiger partial charge on any atom is -0.392 e. The predicted octanol–water partition coefficient (Wildman–Crippen LogP) is 2.87. The zero-order valence-corrected chi connectivity index (χ0v) is 10.1. The van der Waals surface area contributed by atoms with Crippen LogP contribution in [-0.4, -0.2) is 5.11 Å². The van der Waals surface area contributed by atoms with Gasteiger partial charge in [-0.15, -0.1) is 11.3 Å². The maximum atomic E-state index is 9.08. The first-order valence-electron chi connectivity index (χ1n) is 3.97. The van der Waals surface area contributed by atoms with Crippen LogP contribution in [0.25, 0.3) is 10.1 Å². The highest BCUT2D eigenvalue weighted by Crippen LogP contribution is 2.28. The molecule has 2 aromatic rings. The summed E-state index contributed by atoms with van der Waals surface area (Å²) in [6.45, 7) is 0.0496. The lowest BCUT2D eigenvalue weighted by Crippen LogP contribution is -1.86. The molecule has 1 N–H and O–H groups in total. The largest absolute Gasteiger partial charge is 0.392 e. The Balaban J connectivity index is 2.71.